The molecule has 0 atom stereocenters. The third kappa shape index (κ3) is 2.02. The SMILES string of the molecule is CCn1nc(-c2c[nH]c3ccccc23)nc1CCN. The summed E-state index contributed by atoms with van der Waals surface area (Å²) in [6.45, 7) is 3.46. The quantitative estimate of drug-likeness (QED) is 0.748. The van der Waals surface area contributed by atoms with Crippen molar-refractivity contribution >= 4 is 10.9 Å². The van der Waals surface area contributed by atoms with Crippen LogP contribution >= 0.6 is 0 Å². The van der Waals surface area contributed by atoms with E-state index < -0.39 is 0 Å². The number of aryl methyl sites for hydroxylation is 1. The Balaban J connectivity index is 2.11. The van der Waals surface area contributed by atoms with E-state index >= 15 is 0 Å². The predicted molar refractivity (Wildman–Crippen MR) is 75.7 cm³/mol. The molecular formula is C14H17N5. The number of benzene rings is 1. The summed E-state index contributed by atoms with van der Waals surface area (Å²) in [5.41, 5.74) is 7.76. The highest BCUT2D eigenvalue weighted by molar-refractivity contribution is 5.93. The molecule has 0 aliphatic rings. The molecule has 0 spiro atoms. The van der Waals surface area contributed by atoms with E-state index in [1.165, 1.54) is 0 Å². The van der Waals surface area contributed by atoms with Crippen molar-refractivity contribution in [3.8, 4) is 11.4 Å². The third-order valence-electron chi connectivity index (χ3n) is 3.25. The van der Waals surface area contributed by atoms with Gasteiger partial charge in [0, 0.05) is 35.6 Å². The van der Waals surface area contributed by atoms with Gasteiger partial charge < -0.3 is 10.7 Å². The summed E-state index contributed by atoms with van der Waals surface area (Å²) in [5, 5.41) is 5.72. The summed E-state index contributed by atoms with van der Waals surface area (Å²) in [6, 6.07) is 8.17. The van der Waals surface area contributed by atoms with Crippen molar-refractivity contribution in [1.29, 1.82) is 0 Å². The van der Waals surface area contributed by atoms with Crippen LogP contribution in [0.3, 0.4) is 0 Å². The molecule has 5 nitrogen and oxygen atoms in total. The molecular weight excluding hydrogens is 238 g/mol. The zero-order valence-corrected chi connectivity index (χ0v) is 10.9. The van der Waals surface area contributed by atoms with Crippen LogP contribution in [0.4, 0.5) is 0 Å². The first-order chi connectivity index (χ1) is 9.33. The molecule has 0 amide bonds. The number of H-pyrrole nitrogens is 1. The van der Waals surface area contributed by atoms with Crippen LogP contribution in [0, 0.1) is 0 Å². The number of fused-ring (bicyclic) bond motifs is 1. The fourth-order valence-corrected chi connectivity index (χ4v) is 2.31. The van der Waals surface area contributed by atoms with Gasteiger partial charge in [-0.25, -0.2) is 9.67 Å². The van der Waals surface area contributed by atoms with E-state index in [4.69, 9.17) is 5.73 Å². The molecule has 5 heteroatoms. The monoisotopic (exact) mass is 255 g/mol. The Morgan fingerprint density at radius 2 is 2.16 bits per heavy atom. The van der Waals surface area contributed by atoms with Gasteiger partial charge in [0.05, 0.1) is 0 Å². The molecule has 0 aliphatic heterocycles. The van der Waals surface area contributed by atoms with E-state index in [1.54, 1.807) is 0 Å². The number of nitrogens with zero attached hydrogens (tertiary/aromatic N) is 3. The molecule has 1 aromatic carbocycles. The van der Waals surface area contributed by atoms with Gasteiger partial charge in [0.25, 0.3) is 0 Å². The lowest BCUT2D eigenvalue weighted by molar-refractivity contribution is 0.615. The molecule has 0 aliphatic carbocycles. The topological polar surface area (TPSA) is 72.5 Å². The summed E-state index contributed by atoms with van der Waals surface area (Å²) < 4.78 is 1.92. The minimum atomic E-state index is 0.589. The Bertz CT molecular complexity index is 695. The standard InChI is InChI=1S/C14H17N5/c1-2-19-13(7-8-15)17-14(18-19)11-9-16-12-6-4-3-5-10(11)12/h3-6,9,16H,2,7-8,15H2,1H3. The molecule has 19 heavy (non-hydrogen) atoms. The first-order valence-electron chi connectivity index (χ1n) is 6.53. The fraction of sp³-hybridized carbons (Fsp3) is 0.286. The van der Waals surface area contributed by atoms with Crippen molar-refractivity contribution in [1.82, 2.24) is 19.7 Å². The molecule has 3 aromatic rings. The lowest BCUT2D eigenvalue weighted by atomic mass is 10.2. The summed E-state index contributed by atoms with van der Waals surface area (Å²) >= 11 is 0. The largest absolute Gasteiger partial charge is 0.360 e. The van der Waals surface area contributed by atoms with E-state index in [9.17, 15) is 0 Å². The molecule has 0 fully saturated rings. The molecule has 0 saturated heterocycles. The van der Waals surface area contributed by atoms with E-state index in [0.29, 0.717) is 6.54 Å². The van der Waals surface area contributed by atoms with Crippen LogP contribution in [0.5, 0.6) is 0 Å². The van der Waals surface area contributed by atoms with Crippen molar-refractivity contribution in [2.24, 2.45) is 5.73 Å². The van der Waals surface area contributed by atoms with Crippen molar-refractivity contribution in [3.05, 3.63) is 36.3 Å². The number of para-hydroxylation sites is 1. The van der Waals surface area contributed by atoms with Gasteiger partial charge in [-0.2, -0.15) is 5.10 Å². The average molecular weight is 255 g/mol. The minimum absolute atomic E-state index is 0.589. The molecule has 0 unspecified atom stereocenters. The second-order valence-corrected chi connectivity index (χ2v) is 4.45. The van der Waals surface area contributed by atoms with Gasteiger partial charge in [-0.1, -0.05) is 18.2 Å². The van der Waals surface area contributed by atoms with Gasteiger partial charge in [-0.3, -0.25) is 0 Å². The van der Waals surface area contributed by atoms with Crippen LogP contribution < -0.4 is 5.73 Å². The summed E-state index contributed by atoms with van der Waals surface area (Å²) in [5.74, 6) is 1.72. The van der Waals surface area contributed by atoms with Crippen molar-refractivity contribution in [2.75, 3.05) is 6.54 Å². The lowest BCUT2D eigenvalue weighted by Gasteiger charge is -1.98. The number of nitrogens with two attached hydrogens (primary N) is 1. The second-order valence-electron chi connectivity index (χ2n) is 4.45. The van der Waals surface area contributed by atoms with E-state index in [2.05, 4.69) is 34.1 Å². The highest BCUT2D eigenvalue weighted by Crippen LogP contribution is 2.26. The zero-order valence-electron chi connectivity index (χ0n) is 10.9. The Hall–Kier alpha value is -2.14. The minimum Gasteiger partial charge on any atom is -0.360 e. The third-order valence-corrected chi connectivity index (χ3v) is 3.25. The predicted octanol–water partition coefficient (Wildman–Crippen LogP) is 1.95. The van der Waals surface area contributed by atoms with Crippen molar-refractivity contribution in [2.45, 2.75) is 19.9 Å². The van der Waals surface area contributed by atoms with Crippen molar-refractivity contribution in [3.63, 3.8) is 0 Å². The molecule has 2 aromatic heterocycles. The van der Waals surface area contributed by atoms with Gasteiger partial charge in [0.2, 0.25) is 0 Å². The maximum atomic E-state index is 5.62. The first kappa shape index (κ1) is 11.9. The maximum absolute atomic E-state index is 5.62. The molecule has 98 valence electrons. The Kier molecular flexibility index (Phi) is 3.05. The Labute approximate surface area is 111 Å². The van der Waals surface area contributed by atoms with E-state index in [0.717, 1.165) is 41.1 Å². The zero-order chi connectivity index (χ0) is 13.2. The summed E-state index contributed by atoms with van der Waals surface area (Å²) in [7, 11) is 0. The lowest BCUT2D eigenvalue weighted by Crippen LogP contribution is -2.10. The Morgan fingerprint density at radius 3 is 2.95 bits per heavy atom. The van der Waals surface area contributed by atoms with Crippen LogP contribution in [0.1, 0.15) is 12.7 Å². The number of rotatable bonds is 4. The van der Waals surface area contributed by atoms with Crippen LogP contribution in [0.25, 0.3) is 22.3 Å². The number of aromatic amines is 1. The summed E-state index contributed by atoms with van der Waals surface area (Å²) in [6.07, 6.45) is 2.72. The van der Waals surface area contributed by atoms with Gasteiger partial charge in [0.1, 0.15) is 5.82 Å². The molecule has 0 bridgehead atoms. The molecule has 2 heterocycles. The second kappa shape index (κ2) is 4.85. The van der Waals surface area contributed by atoms with Crippen LogP contribution in [0.2, 0.25) is 0 Å². The van der Waals surface area contributed by atoms with Gasteiger partial charge >= 0.3 is 0 Å². The number of nitrogens with one attached hydrogen (secondary N) is 1. The fourth-order valence-electron chi connectivity index (χ4n) is 2.31. The number of aromatic nitrogens is 4. The van der Waals surface area contributed by atoms with Crippen LogP contribution in [-0.2, 0) is 13.0 Å². The maximum Gasteiger partial charge on any atom is 0.183 e. The van der Waals surface area contributed by atoms with Gasteiger partial charge in [-0.15, -0.1) is 0 Å². The van der Waals surface area contributed by atoms with Crippen molar-refractivity contribution < 1.29 is 0 Å². The normalized spacial score (nSPS) is 11.3. The highest BCUT2D eigenvalue weighted by Gasteiger charge is 2.13. The Morgan fingerprint density at radius 1 is 1.32 bits per heavy atom. The van der Waals surface area contributed by atoms with Gasteiger partial charge in [0.15, 0.2) is 5.82 Å². The van der Waals surface area contributed by atoms with Gasteiger partial charge in [-0.05, 0) is 19.5 Å². The molecule has 0 saturated carbocycles. The first-order valence-corrected chi connectivity index (χ1v) is 6.53. The molecule has 3 rings (SSSR count). The van der Waals surface area contributed by atoms with E-state index in [-0.39, 0.29) is 0 Å². The van der Waals surface area contributed by atoms with Crippen LogP contribution in [-0.4, -0.2) is 26.3 Å². The number of hydrogen-bond donors (Lipinski definition) is 2. The smallest absolute Gasteiger partial charge is 0.183 e. The average Bonchev–Trinajstić information content (AvgIpc) is 3.02. The summed E-state index contributed by atoms with van der Waals surface area (Å²) in [4.78, 5) is 7.87. The molecule has 0 radical (unpaired) electrons. The van der Waals surface area contributed by atoms with E-state index in [1.807, 2.05) is 23.0 Å². The van der Waals surface area contributed by atoms with Crippen LogP contribution in [0.15, 0.2) is 30.5 Å². The number of hydrogen-bond acceptors (Lipinski definition) is 3. The molecule has 3 N–H and O–H groups in total. The highest BCUT2D eigenvalue weighted by atomic mass is 15.3.